The highest BCUT2D eigenvalue weighted by Crippen LogP contribution is 2.28. The minimum atomic E-state index is 0.241. The lowest BCUT2D eigenvalue weighted by Gasteiger charge is -2.30. The third-order valence-corrected chi connectivity index (χ3v) is 4.13. The Labute approximate surface area is 119 Å². The first-order valence-corrected chi connectivity index (χ1v) is 7.12. The number of hydrogen-bond donors (Lipinski definition) is 1. The van der Waals surface area contributed by atoms with Crippen molar-refractivity contribution < 1.29 is 4.74 Å². The van der Waals surface area contributed by atoms with Gasteiger partial charge in [0.25, 0.3) is 0 Å². The van der Waals surface area contributed by atoms with Crippen molar-refractivity contribution in [1.82, 2.24) is 0 Å². The van der Waals surface area contributed by atoms with Crippen LogP contribution in [0.1, 0.15) is 36.8 Å². The van der Waals surface area contributed by atoms with E-state index in [1.165, 1.54) is 12.8 Å². The number of nitrogens with zero attached hydrogens (tertiary/aromatic N) is 1. The molecule has 0 aliphatic heterocycles. The van der Waals surface area contributed by atoms with Crippen LogP contribution < -0.4 is 5.73 Å². The Morgan fingerprint density at radius 1 is 1.37 bits per heavy atom. The van der Waals surface area contributed by atoms with Gasteiger partial charge >= 0.3 is 0 Å². The van der Waals surface area contributed by atoms with Crippen molar-refractivity contribution in [3.8, 4) is 6.07 Å². The first-order valence-electron chi connectivity index (χ1n) is 6.74. The van der Waals surface area contributed by atoms with E-state index in [0.717, 1.165) is 18.4 Å². The zero-order chi connectivity index (χ0) is 13.7. The second-order valence-electron chi connectivity index (χ2n) is 5.05. The molecule has 1 aromatic carbocycles. The largest absolute Gasteiger partial charge is 0.373 e. The second kappa shape index (κ2) is 6.91. The summed E-state index contributed by atoms with van der Waals surface area (Å²) >= 11 is 6.14. The molecule has 2 rings (SSSR count). The molecule has 2 unspecified atom stereocenters. The van der Waals surface area contributed by atoms with Crippen molar-refractivity contribution in [2.24, 2.45) is 11.7 Å². The van der Waals surface area contributed by atoms with Gasteiger partial charge in [-0.3, -0.25) is 0 Å². The fourth-order valence-electron chi connectivity index (χ4n) is 2.59. The van der Waals surface area contributed by atoms with Crippen LogP contribution in [-0.4, -0.2) is 12.6 Å². The van der Waals surface area contributed by atoms with E-state index in [2.05, 4.69) is 6.07 Å². The number of nitriles is 1. The maximum absolute atomic E-state index is 8.80. The molecule has 1 aromatic rings. The molecule has 19 heavy (non-hydrogen) atoms. The highest BCUT2D eigenvalue weighted by molar-refractivity contribution is 6.31. The molecule has 3 nitrogen and oxygen atoms in total. The van der Waals surface area contributed by atoms with Crippen molar-refractivity contribution >= 4 is 11.6 Å². The van der Waals surface area contributed by atoms with E-state index in [-0.39, 0.29) is 6.10 Å². The van der Waals surface area contributed by atoms with Crippen LogP contribution >= 0.6 is 11.6 Å². The number of rotatable bonds is 4. The van der Waals surface area contributed by atoms with E-state index in [1.807, 2.05) is 6.07 Å². The smallest absolute Gasteiger partial charge is 0.0992 e. The molecule has 102 valence electrons. The summed E-state index contributed by atoms with van der Waals surface area (Å²) in [6, 6.07) is 7.39. The van der Waals surface area contributed by atoms with Crippen molar-refractivity contribution in [2.75, 3.05) is 6.54 Å². The van der Waals surface area contributed by atoms with Crippen molar-refractivity contribution in [3.63, 3.8) is 0 Å². The van der Waals surface area contributed by atoms with Crippen LogP contribution in [0.3, 0.4) is 0 Å². The normalized spacial score (nSPS) is 23.0. The van der Waals surface area contributed by atoms with E-state index in [1.54, 1.807) is 12.1 Å². The summed E-state index contributed by atoms with van der Waals surface area (Å²) in [5.74, 6) is 0.464. The summed E-state index contributed by atoms with van der Waals surface area (Å²) in [6.07, 6.45) is 4.94. The van der Waals surface area contributed by atoms with Gasteiger partial charge in [0.2, 0.25) is 0 Å². The molecule has 0 amide bonds. The van der Waals surface area contributed by atoms with E-state index in [0.29, 0.717) is 29.7 Å². The number of halogens is 1. The van der Waals surface area contributed by atoms with Crippen LogP contribution in [0.5, 0.6) is 0 Å². The Morgan fingerprint density at radius 2 is 2.16 bits per heavy atom. The molecule has 1 aliphatic carbocycles. The second-order valence-corrected chi connectivity index (χ2v) is 5.45. The van der Waals surface area contributed by atoms with E-state index >= 15 is 0 Å². The molecule has 0 bridgehead atoms. The van der Waals surface area contributed by atoms with Gasteiger partial charge in [0.05, 0.1) is 24.3 Å². The van der Waals surface area contributed by atoms with Crippen LogP contribution in [0.4, 0.5) is 0 Å². The lowest BCUT2D eigenvalue weighted by atomic mass is 9.86. The number of hydrogen-bond acceptors (Lipinski definition) is 3. The molecule has 2 atom stereocenters. The maximum Gasteiger partial charge on any atom is 0.0992 e. The highest BCUT2D eigenvalue weighted by Gasteiger charge is 2.24. The number of ether oxygens (including phenoxy) is 1. The Bertz CT molecular complexity index is 470. The summed E-state index contributed by atoms with van der Waals surface area (Å²) in [6.45, 7) is 1.18. The minimum absolute atomic E-state index is 0.241. The van der Waals surface area contributed by atoms with Gasteiger partial charge in [0.15, 0.2) is 0 Å². The van der Waals surface area contributed by atoms with Crippen molar-refractivity contribution in [3.05, 3.63) is 34.3 Å². The molecule has 1 fully saturated rings. The molecule has 4 heteroatoms. The summed E-state index contributed by atoms with van der Waals surface area (Å²) < 4.78 is 5.98. The van der Waals surface area contributed by atoms with E-state index in [9.17, 15) is 0 Å². The predicted octanol–water partition coefficient (Wildman–Crippen LogP) is 3.25. The summed E-state index contributed by atoms with van der Waals surface area (Å²) in [5, 5.41) is 9.40. The highest BCUT2D eigenvalue weighted by atomic mass is 35.5. The maximum atomic E-state index is 8.80. The molecule has 0 heterocycles. The van der Waals surface area contributed by atoms with Gasteiger partial charge in [-0.15, -0.1) is 0 Å². The molecule has 0 aromatic heterocycles. The van der Waals surface area contributed by atoms with Gasteiger partial charge in [-0.05, 0) is 43.0 Å². The van der Waals surface area contributed by atoms with E-state index in [4.69, 9.17) is 27.3 Å². The van der Waals surface area contributed by atoms with Gasteiger partial charge in [-0.25, -0.2) is 0 Å². The molecule has 2 N–H and O–H groups in total. The molecule has 0 saturated heterocycles. The lowest BCUT2D eigenvalue weighted by molar-refractivity contribution is -0.0182. The Balaban J connectivity index is 1.96. The van der Waals surface area contributed by atoms with Crippen LogP contribution in [0.25, 0.3) is 0 Å². The fraction of sp³-hybridized carbons (Fsp3) is 0.533. The zero-order valence-electron chi connectivity index (χ0n) is 10.9. The average Bonchev–Trinajstić information content (AvgIpc) is 2.46. The van der Waals surface area contributed by atoms with E-state index < -0.39 is 0 Å². The third kappa shape index (κ3) is 3.70. The molecule has 1 saturated carbocycles. The summed E-state index contributed by atoms with van der Waals surface area (Å²) in [4.78, 5) is 0. The Hall–Kier alpha value is -1.08. The van der Waals surface area contributed by atoms with Gasteiger partial charge in [-0.1, -0.05) is 30.5 Å². The zero-order valence-corrected chi connectivity index (χ0v) is 11.7. The monoisotopic (exact) mass is 278 g/mol. The fourth-order valence-corrected chi connectivity index (χ4v) is 2.83. The van der Waals surface area contributed by atoms with Crippen LogP contribution in [-0.2, 0) is 11.3 Å². The van der Waals surface area contributed by atoms with Gasteiger partial charge in [0, 0.05) is 5.02 Å². The Kier molecular flexibility index (Phi) is 5.21. The standard InChI is InChI=1S/C15H19ClN2O/c16-14-7-11(8-17)5-6-13(14)10-19-15-4-2-1-3-12(15)9-18/h5-7,12,15H,1-4,9-10,18H2. The average molecular weight is 279 g/mol. The number of benzene rings is 1. The lowest BCUT2D eigenvalue weighted by Crippen LogP contribution is -2.33. The Morgan fingerprint density at radius 3 is 2.84 bits per heavy atom. The predicted molar refractivity (Wildman–Crippen MR) is 75.8 cm³/mol. The SMILES string of the molecule is N#Cc1ccc(COC2CCCCC2CN)c(Cl)c1. The van der Waals surface area contributed by atoms with Gasteiger partial charge in [-0.2, -0.15) is 5.26 Å². The van der Waals surface area contributed by atoms with Gasteiger partial charge in [0.1, 0.15) is 0 Å². The van der Waals surface area contributed by atoms with Crippen molar-refractivity contribution in [2.45, 2.75) is 38.4 Å². The first-order chi connectivity index (χ1) is 9.24. The molecule has 1 aliphatic rings. The van der Waals surface area contributed by atoms with Crippen LogP contribution in [0, 0.1) is 17.2 Å². The molecule has 0 radical (unpaired) electrons. The van der Waals surface area contributed by atoms with Gasteiger partial charge < -0.3 is 10.5 Å². The molecular formula is C15H19ClN2O. The third-order valence-electron chi connectivity index (χ3n) is 3.78. The number of nitrogens with two attached hydrogens (primary N) is 1. The van der Waals surface area contributed by atoms with Crippen LogP contribution in [0.2, 0.25) is 5.02 Å². The molecule has 0 spiro atoms. The molecular weight excluding hydrogens is 260 g/mol. The summed E-state index contributed by atoms with van der Waals surface area (Å²) in [7, 11) is 0. The first kappa shape index (κ1) is 14.3. The minimum Gasteiger partial charge on any atom is -0.373 e. The van der Waals surface area contributed by atoms with Crippen LogP contribution in [0.15, 0.2) is 18.2 Å². The summed E-state index contributed by atoms with van der Waals surface area (Å²) in [5.41, 5.74) is 7.30. The quantitative estimate of drug-likeness (QED) is 0.920. The van der Waals surface area contributed by atoms with Crippen molar-refractivity contribution in [1.29, 1.82) is 5.26 Å². The topological polar surface area (TPSA) is 59.0 Å².